The number of hydrogen-bond acceptors (Lipinski definition) is 9. The Morgan fingerprint density at radius 2 is 1.43 bits per heavy atom. The van der Waals surface area contributed by atoms with Gasteiger partial charge in [-0.1, -0.05) is 47.7 Å². The molecule has 0 saturated heterocycles. The van der Waals surface area contributed by atoms with Crippen molar-refractivity contribution in [2.45, 2.75) is 58.0 Å². The van der Waals surface area contributed by atoms with E-state index in [1.165, 1.54) is 32.5 Å². The van der Waals surface area contributed by atoms with Crippen LogP contribution in [0.4, 0.5) is 4.79 Å². The third kappa shape index (κ3) is 9.03. The van der Waals surface area contributed by atoms with Crippen molar-refractivity contribution in [1.29, 1.82) is 0 Å². The molecule has 0 bridgehead atoms. The van der Waals surface area contributed by atoms with Crippen LogP contribution in [0.1, 0.15) is 37.6 Å². The number of rotatable bonds is 13. The van der Waals surface area contributed by atoms with Crippen molar-refractivity contribution < 1.29 is 28.7 Å². The van der Waals surface area contributed by atoms with Crippen molar-refractivity contribution >= 4 is 52.5 Å². The number of aromatic nitrogens is 3. The summed E-state index contributed by atoms with van der Waals surface area (Å²) in [6, 6.07) is 12.1. The summed E-state index contributed by atoms with van der Waals surface area (Å²) in [5, 5.41) is 18.1. The van der Waals surface area contributed by atoms with Gasteiger partial charge in [0.2, 0.25) is 17.7 Å². The summed E-state index contributed by atoms with van der Waals surface area (Å²) in [5.41, 5.74) is 1.84. The molecule has 0 aliphatic rings. The van der Waals surface area contributed by atoms with Crippen molar-refractivity contribution in [2.75, 3.05) is 12.0 Å². The number of amides is 4. The molecule has 3 aromatic rings. The molecule has 0 spiro atoms. The number of ether oxygens (including phenoxy) is 1. The van der Waals surface area contributed by atoms with Crippen LogP contribution in [0.2, 0.25) is 0 Å². The smallest absolute Gasteiger partial charge is 0.408 e. The molecule has 42 heavy (non-hydrogen) atoms. The molecular weight excluding hydrogens is 562 g/mol. The molecule has 0 radical (unpaired) electrons. The number of carbonyl (C=O) groups is 5. The lowest BCUT2D eigenvalue weighted by atomic mass is 10.1. The molecular formula is C28H35N7O6S. The number of carbonyl (C=O) groups excluding carboxylic acids is 5. The fourth-order valence-corrected chi connectivity index (χ4v) is 4.27. The molecule has 1 aromatic heterocycles. The molecule has 4 amide bonds. The Hall–Kier alpha value is -4.46. The Morgan fingerprint density at radius 1 is 0.810 bits per heavy atom. The lowest BCUT2D eigenvalue weighted by Crippen LogP contribution is -2.56. The number of alkyl carbamates (subject to hydrolysis) is 1. The van der Waals surface area contributed by atoms with Crippen LogP contribution in [0, 0.1) is 0 Å². The number of nitrogens with one attached hydrogen (secondary N) is 4. The van der Waals surface area contributed by atoms with Gasteiger partial charge in [0.05, 0.1) is 5.52 Å². The predicted octanol–water partition coefficient (Wildman–Crippen LogP) is 1.63. The first-order valence-corrected chi connectivity index (χ1v) is 14.7. The van der Waals surface area contributed by atoms with Gasteiger partial charge in [-0.3, -0.25) is 19.2 Å². The number of fused-ring (bicyclic) bond motifs is 1. The zero-order valence-corrected chi connectivity index (χ0v) is 24.6. The Labute approximate surface area is 247 Å². The Bertz CT molecular complexity index is 1400. The van der Waals surface area contributed by atoms with Gasteiger partial charge < -0.3 is 26.0 Å². The first-order chi connectivity index (χ1) is 20.1. The average molecular weight is 598 g/mol. The minimum absolute atomic E-state index is 0.0410. The Morgan fingerprint density at radius 3 is 2.14 bits per heavy atom. The summed E-state index contributed by atoms with van der Waals surface area (Å²) in [7, 11) is 0. The van der Waals surface area contributed by atoms with Crippen LogP contribution in [-0.2, 0) is 25.7 Å². The average Bonchev–Trinajstić information content (AvgIpc) is 3.42. The van der Waals surface area contributed by atoms with Gasteiger partial charge in [-0.05, 0) is 56.9 Å². The molecule has 14 heteroatoms. The van der Waals surface area contributed by atoms with Gasteiger partial charge >= 0.3 is 6.09 Å². The van der Waals surface area contributed by atoms with Gasteiger partial charge in [0, 0.05) is 0 Å². The quantitative estimate of drug-likeness (QED) is 0.228. The first-order valence-electron chi connectivity index (χ1n) is 13.3. The summed E-state index contributed by atoms with van der Waals surface area (Å²) in [6.45, 7) is 4.48. The van der Waals surface area contributed by atoms with E-state index in [0.29, 0.717) is 16.8 Å². The standard InChI is InChI=1S/C28H35N7O6S/c1-17(24(36)30-19(3)27(39)35-23-13-9-8-12-21(23)33-34-35)29-26(38)22(14-15-42-4)32-25(37)18(2)31-28(40)41-16-20-10-6-5-7-11-20/h5-13,17-19,22H,14-16H2,1-4H3,(H,29,38)(H,30,36)(H,31,40)(H,32,37)/t17-,18-,19-,22-/m0/s1. The van der Waals surface area contributed by atoms with E-state index in [0.717, 1.165) is 10.2 Å². The summed E-state index contributed by atoms with van der Waals surface area (Å²) in [5.74, 6) is -1.72. The molecule has 0 aliphatic heterocycles. The Balaban J connectivity index is 1.52. The molecule has 13 nitrogen and oxygen atoms in total. The highest BCUT2D eigenvalue weighted by molar-refractivity contribution is 7.98. The summed E-state index contributed by atoms with van der Waals surface area (Å²) in [4.78, 5) is 63.6. The maximum absolute atomic E-state index is 13.0. The Kier molecular flexibility index (Phi) is 11.8. The van der Waals surface area contributed by atoms with Gasteiger partial charge in [0.1, 0.15) is 36.3 Å². The maximum Gasteiger partial charge on any atom is 0.408 e. The van der Waals surface area contributed by atoms with Crippen molar-refractivity contribution in [3.63, 3.8) is 0 Å². The van der Waals surface area contributed by atoms with Crippen LogP contribution in [0.5, 0.6) is 0 Å². The molecule has 0 fully saturated rings. The van der Waals surface area contributed by atoms with E-state index >= 15 is 0 Å². The normalized spacial score (nSPS) is 13.7. The minimum atomic E-state index is -1.02. The molecule has 224 valence electrons. The molecule has 2 aromatic carbocycles. The molecule has 0 saturated carbocycles. The van der Waals surface area contributed by atoms with Crippen LogP contribution in [-0.4, -0.2) is 80.9 Å². The molecule has 4 atom stereocenters. The van der Waals surface area contributed by atoms with E-state index in [9.17, 15) is 24.0 Å². The number of para-hydroxylation sites is 1. The van der Waals surface area contributed by atoms with Gasteiger partial charge in [-0.2, -0.15) is 16.4 Å². The third-order valence-corrected chi connectivity index (χ3v) is 6.87. The van der Waals surface area contributed by atoms with E-state index in [2.05, 4.69) is 31.6 Å². The van der Waals surface area contributed by atoms with E-state index in [-0.39, 0.29) is 13.0 Å². The highest BCUT2D eigenvalue weighted by Crippen LogP contribution is 2.10. The van der Waals surface area contributed by atoms with Crippen molar-refractivity contribution in [2.24, 2.45) is 0 Å². The van der Waals surface area contributed by atoms with Gasteiger partial charge in [0.15, 0.2) is 0 Å². The number of nitrogens with zero attached hydrogens (tertiary/aromatic N) is 3. The van der Waals surface area contributed by atoms with E-state index < -0.39 is 53.9 Å². The topological polar surface area (TPSA) is 173 Å². The molecule has 0 aliphatic carbocycles. The summed E-state index contributed by atoms with van der Waals surface area (Å²) in [6.07, 6.45) is 1.36. The van der Waals surface area contributed by atoms with Crippen molar-refractivity contribution in [3.8, 4) is 0 Å². The number of benzene rings is 2. The van der Waals surface area contributed by atoms with Gasteiger partial charge in [-0.15, -0.1) is 5.10 Å². The SMILES string of the molecule is CSCC[C@H](NC(=O)[C@H](C)NC(=O)OCc1ccccc1)C(=O)N[C@@H](C)C(=O)N[C@@H](C)C(=O)n1nnc2ccccc21. The first kappa shape index (κ1) is 32.1. The van der Waals surface area contributed by atoms with Crippen LogP contribution in [0.3, 0.4) is 0 Å². The molecule has 3 rings (SSSR count). The van der Waals surface area contributed by atoms with Crippen molar-refractivity contribution in [1.82, 2.24) is 36.3 Å². The van der Waals surface area contributed by atoms with Crippen LogP contribution < -0.4 is 21.3 Å². The lowest BCUT2D eigenvalue weighted by Gasteiger charge is -2.23. The second kappa shape index (κ2) is 15.5. The highest BCUT2D eigenvalue weighted by atomic mass is 32.2. The van der Waals surface area contributed by atoms with Crippen LogP contribution >= 0.6 is 11.8 Å². The van der Waals surface area contributed by atoms with Crippen LogP contribution in [0.15, 0.2) is 54.6 Å². The number of hydrogen-bond donors (Lipinski definition) is 4. The lowest BCUT2D eigenvalue weighted by molar-refractivity contribution is -0.132. The van der Waals surface area contributed by atoms with Crippen LogP contribution in [0.25, 0.3) is 11.0 Å². The van der Waals surface area contributed by atoms with Crippen molar-refractivity contribution in [3.05, 3.63) is 60.2 Å². The fraction of sp³-hybridized carbons (Fsp3) is 0.393. The monoisotopic (exact) mass is 597 g/mol. The second-order valence-corrected chi connectivity index (χ2v) is 10.5. The highest BCUT2D eigenvalue weighted by Gasteiger charge is 2.28. The molecule has 4 N–H and O–H groups in total. The van der Waals surface area contributed by atoms with Gasteiger partial charge in [-0.25, -0.2) is 4.79 Å². The van der Waals surface area contributed by atoms with E-state index in [4.69, 9.17) is 4.74 Å². The van der Waals surface area contributed by atoms with E-state index in [1.807, 2.05) is 24.5 Å². The largest absolute Gasteiger partial charge is 0.445 e. The number of thioether (sulfide) groups is 1. The molecule has 0 unspecified atom stereocenters. The minimum Gasteiger partial charge on any atom is -0.445 e. The summed E-state index contributed by atoms with van der Waals surface area (Å²) >= 11 is 1.48. The zero-order chi connectivity index (χ0) is 30.6. The fourth-order valence-electron chi connectivity index (χ4n) is 3.80. The van der Waals surface area contributed by atoms with Gasteiger partial charge in [0.25, 0.3) is 5.91 Å². The summed E-state index contributed by atoms with van der Waals surface area (Å²) < 4.78 is 6.26. The maximum atomic E-state index is 13.0. The second-order valence-electron chi connectivity index (χ2n) is 9.56. The predicted molar refractivity (Wildman–Crippen MR) is 158 cm³/mol. The van der Waals surface area contributed by atoms with E-state index in [1.54, 1.807) is 36.4 Å². The molecule has 1 heterocycles. The zero-order valence-electron chi connectivity index (χ0n) is 23.8. The third-order valence-electron chi connectivity index (χ3n) is 6.23.